The van der Waals surface area contributed by atoms with Crippen molar-refractivity contribution < 1.29 is 63.1 Å². The standard InChI is InChI=1S/C39H71O13P/c1-3-5-7-9-11-13-15-16-18-20-22-24-26-28-33(41)51-31(29-49-32(40)27-25-23-21-19-17-14-12-10-8-6-4-2)30-50-53(47,48)52-39-37(45)35(43)34(42)36(44)38(39)46/h16,18,22,24,31,34-39,42-46H,3-15,17,19-21,23,25-30H2,1-2H3,(H,47,48)/b18-16+,24-22+/t31?,34?,35-,36?,37?,38?,39?/m1/s1. The van der Waals surface area contributed by atoms with Crippen LogP contribution in [0.4, 0.5) is 0 Å². The summed E-state index contributed by atoms with van der Waals surface area (Å²) < 4.78 is 33.3. The number of hydrogen-bond donors (Lipinski definition) is 6. The third kappa shape index (κ3) is 23.8. The lowest BCUT2D eigenvalue weighted by Gasteiger charge is -2.41. The number of phosphoric ester groups is 1. The van der Waals surface area contributed by atoms with Crippen LogP contribution >= 0.6 is 7.82 Å². The minimum Gasteiger partial charge on any atom is -0.462 e. The molecule has 0 saturated heterocycles. The molecular formula is C39H71O13P. The number of esters is 2. The van der Waals surface area contributed by atoms with Gasteiger partial charge in [0.05, 0.1) is 6.61 Å². The summed E-state index contributed by atoms with van der Waals surface area (Å²) >= 11 is 0. The van der Waals surface area contributed by atoms with Crippen molar-refractivity contribution in [3.05, 3.63) is 24.3 Å². The maximum absolute atomic E-state index is 12.7. The van der Waals surface area contributed by atoms with Gasteiger partial charge >= 0.3 is 19.8 Å². The van der Waals surface area contributed by atoms with Crippen molar-refractivity contribution in [1.29, 1.82) is 0 Å². The van der Waals surface area contributed by atoms with Crippen LogP contribution in [0.5, 0.6) is 0 Å². The zero-order valence-electron chi connectivity index (χ0n) is 32.3. The molecule has 6 N–H and O–H groups in total. The molecule has 1 saturated carbocycles. The molecule has 0 radical (unpaired) electrons. The van der Waals surface area contributed by atoms with Gasteiger partial charge in [-0.05, 0) is 32.1 Å². The minimum absolute atomic E-state index is 0.00694. The van der Waals surface area contributed by atoms with E-state index in [2.05, 4.69) is 26.0 Å². The molecule has 0 bridgehead atoms. The van der Waals surface area contributed by atoms with Gasteiger partial charge in [-0.2, -0.15) is 0 Å². The van der Waals surface area contributed by atoms with Gasteiger partial charge in [0.2, 0.25) is 0 Å². The summed E-state index contributed by atoms with van der Waals surface area (Å²) in [5.74, 6) is -1.18. The van der Waals surface area contributed by atoms with Gasteiger partial charge < -0.3 is 39.9 Å². The van der Waals surface area contributed by atoms with Gasteiger partial charge in [-0.25, -0.2) is 4.57 Å². The first kappa shape index (κ1) is 49.3. The largest absolute Gasteiger partial charge is 0.472 e. The fourth-order valence-corrected chi connectivity index (χ4v) is 6.96. The van der Waals surface area contributed by atoms with E-state index in [4.69, 9.17) is 18.5 Å². The Bertz CT molecular complexity index is 1040. The highest BCUT2D eigenvalue weighted by molar-refractivity contribution is 7.47. The quantitative estimate of drug-likeness (QED) is 0.0187. The molecule has 0 spiro atoms. The minimum atomic E-state index is -5.12. The topological polar surface area (TPSA) is 210 Å². The van der Waals surface area contributed by atoms with Crippen LogP contribution in [0.25, 0.3) is 0 Å². The fraction of sp³-hybridized carbons (Fsp3) is 0.846. The second-order valence-corrected chi connectivity index (χ2v) is 15.5. The average molecular weight is 779 g/mol. The Morgan fingerprint density at radius 1 is 0.585 bits per heavy atom. The second-order valence-electron chi connectivity index (χ2n) is 14.1. The maximum atomic E-state index is 12.7. The predicted octanol–water partition coefficient (Wildman–Crippen LogP) is 6.50. The molecule has 1 aliphatic rings. The number of rotatable bonds is 32. The first-order chi connectivity index (χ1) is 25.4. The fourth-order valence-electron chi connectivity index (χ4n) is 5.99. The lowest BCUT2D eigenvalue weighted by molar-refractivity contribution is -0.220. The Balaban J connectivity index is 2.57. The normalized spacial score (nSPS) is 23.7. The SMILES string of the molecule is CCCCCCCC/C=C/C/C=C/CCC(=O)OC(COC(=O)CCCCCCCCCCCCC)COP(=O)(O)OC1C(O)C(O)C(O)[C@@H](O)C1O. The molecule has 0 aliphatic heterocycles. The van der Waals surface area contributed by atoms with E-state index in [0.717, 1.165) is 32.1 Å². The van der Waals surface area contributed by atoms with E-state index < -0.39 is 75.7 Å². The third-order valence-electron chi connectivity index (χ3n) is 9.31. The number of hydrogen-bond acceptors (Lipinski definition) is 12. The van der Waals surface area contributed by atoms with Gasteiger partial charge in [-0.3, -0.25) is 18.6 Å². The van der Waals surface area contributed by atoms with Crippen LogP contribution in [-0.4, -0.2) is 98.3 Å². The van der Waals surface area contributed by atoms with Crippen molar-refractivity contribution in [2.75, 3.05) is 13.2 Å². The van der Waals surface area contributed by atoms with Gasteiger partial charge in [-0.15, -0.1) is 0 Å². The molecule has 7 unspecified atom stereocenters. The van der Waals surface area contributed by atoms with Crippen molar-refractivity contribution in [3.8, 4) is 0 Å². The summed E-state index contributed by atoms with van der Waals surface area (Å²) in [5.41, 5.74) is 0. The first-order valence-electron chi connectivity index (χ1n) is 20.1. The number of unbranched alkanes of at least 4 members (excludes halogenated alkanes) is 16. The van der Waals surface area contributed by atoms with Crippen LogP contribution in [0, 0.1) is 0 Å². The highest BCUT2D eigenvalue weighted by atomic mass is 31.2. The van der Waals surface area contributed by atoms with Crippen LogP contribution < -0.4 is 0 Å². The summed E-state index contributed by atoms with van der Waals surface area (Å²) in [6.07, 6.45) is 17.0. The molecule has 0 aromatic rings. The lowest BCUT2D eigenvalue weighted by atomic mass is 9.85. The molecule has 0 heterocycles. The van der Waals surface area contributed by atoms with Crippen molar-refractivity contribution in [1.82, 2.24) is 0 Å². The van der Waals surface area contributed by atoms with E-state index in [-0.39, 0.29) is 12.8 Å². The van der Waals surface area contributed by atoms with Gasteiger partial charge in [0.25, 0.3) is 0 Å². The number of aliphatic hydroxyl groups excluding tert-OH is 5. The Labute approximate surface area is 317 Å². The number of carbonyl (C=O) groups is 2. The molecule has 1 fully saturated rings. The van der Waals surface area contributed by atoms with Gasteiger partial charge in [-0.1, -0.05) is 134 Å². The van der Waals surface area contributed by atoms with E-state index in [0.29, 0.717) is 12.8 Å². The van der Waals surface area contributed by atoms with Crippen molar-refractivity contribution in [2.24, 2.45) is 0 Å². The van der Waals surface area contributed by atoms with E-state index in [1.807, 2.05) is 12.2 Å². The molecule has 1 rings (SSSR count). The molecule has 53 heavy (non-hydrogen) atoms. The van der Waals surface area contributed by atoms with E-state index in [1.165, 1.54) is 83.5 Å². The molecule has 0 aromatic carbocycles. The van der Waals surface area contributed by atoms with Crippen LogP contribution in [0.1, 0.15) is 155 Å². The van der Waals surface area contributed by atoms with E-state index >= 15 is 0 Å². The highest BCUT2D eigenvalue weighted by Crippen LogP contribution is 2.47. The predicted molar refractivity (Wildman–Crippen MR) is 203 cm³/mol. The number of phosphoric acid groups is 1. The number of ether oxygens (including phenoxy) is 2. The lowest BCUT2D eigenvalue weighted by Crippen LogP contribution is -2.64. The Kier molecular flexibility index (Phi) is 28.4. The summed E-state index contributed by atoms with van der Waals surface area (Å²) in [5, 5.41) is 49.9. The van der Waals surface area contributed by atoms with Gasteiger partial charge in [0.15, 0.2) is 6.10 Å². The van der Waals surface area contributed by atoms with Crippen LogP contribution in [0.2, 0.25) is 0 Å². The Hall–Kier alpha value is -1.67. The van der Waals surface area contributed by atoms with Crippen LogP contribution in [0.15, 0.2) is 24.3 Å². The summed E-state index contributed by atoms with van der Waals surface area (Å²) in [7, 11) is -5.12. The molecule has 310 valence electrons. The van der Waals surface area contributed by atoms with Crippen LogP contribution in [-0.2, 0) is 32.7 Å². The Morgan fingerprint density at radius 2 is 1.06 bits per heavy atom. The molecular weight excluding hydrogens is 707 g/mol. The molecule has 14 heteroatoms. The Morgan fingerprint density at radius 3 is 1.60 bits per heavy atom. The van der Waals surface area contributed by atoms with Crippen molar-refractivity contribution in [3.63, 3.8) is 0 Å². The zero-order valence-corrected chi connectivity index (χ0v) is 33.2. The van der Waals surface area contributed by atoms with Gasteiger partial charge in [0, 0.05) is 12.8 Å². The smallest absolute Gasteiger partial charge is 0.462 e. The van der Waals surface area contributed by atoms with Crippen LogP contribution in [0.3, 0.4) is 0 Å². The molecule has 1 aliphatic carbocycles. The van der Waals surface area contributed by atoms with E-state index in [1.54, 1.807) is 0 Å². The van der Waals surface area contributed by atoms with E-state index in [9.17, 15) is 44.6 Å². The molecule has 8 atom stereocenters. The molecule has 0 aromatic heterocycles. The number of allylic oxidation sites excluding steroid dienone is 4. The summed E-state index contributed by atoms with van der Waals surface area (Å²) in [4.78, 5) is 35.4. The first-order valence-corrected chi connectivity index (χ1v) is 21.6. The second kappa shape index (κ2) is 30.5. The monoisotopic (exact) mass is 778 g/mol. The summed E-state index contributed by atoms with van der Waals surface area (Å²) in [6.45, 7) is 3.20. The average Bonchev–Trinajstić information content (AvgIpc) is 3.13. The maximum Gasteiger partial charge on any atom is 0.472 e. The number of carbonyl (C=O) groups excluding carboxylic acids is 2. The van der Waals surface area contributed by atoms with Crippen molar-refractivity contribution >= 4 is 19.8 Å². The molecule has 13 nitrogen and oxygen atoms in total. The third-order valence-corrected chi connectivity index (χ3v) is 10.3. The highest BCUT2D eigenvalue weighted by Gasteiger charge is 2.51. The number of aliphatic hydroxyl groups is 5. The molecule has 0 amide bonds. The van der Waals surface area contributed by atoms with Gasteiger partial charge in [0.1, 0.15) is 43.2 Å². The van der Waals surface area contributed by atoms with Crippen molar-refractivity contribution in [2.45, 2.75) is 198 Å². The summed E-state index contributed by atoms with van der Waals surface area (Å²) in [6, 6.07) is 0. The zero-order chi connectivity index (χ0) is 39.3.